The van der Waals surface area contributed by atoms with Crippen molar-refractivity contribution in [2.24, 2.45) is 0 Å². The molecule has 0 spiro atoms. The molecule has 2 N–H and O–H groups in total. The predicted molar refractivity (Wildman–Crippen MR) is 107 cm³/mol. The molecule has 0 aliphatic carbocycles. The summed E-state index contributed by atoms with van der Waals surface area (Å²) in [5.41, 5.74) is 1.92. The molecule has 3 aromatic rings. The van der Waals surface area contributed by atoms with Crippen LogP contribution in [0.25, 0.3) is 0 Å². The topological polar surface area (TPSA) is 94.6 Å². The number of hydrogen-bond donors (Lipinski definition) is 2. The normalized spacial score (nSPS) is 11.8. The van der Waals surface area contributed by atoms with Gasteiger partial charge in [-0.15, -0.1) is 10.2 Å². The average molecular weight is 392 g/mol. The van der Waals surface area contributed by atoms with Gasteiger partial charge < -0.3 is 24.8 Å². The summed E-state index contributed by atoms with van der Waals surface area (Å²) in [4.78, 5) is 12.2. The first-order valence-corrected chi connectivity index (χ1v) is 9.08. The molecule has 148 valence electrons. The van der Waals surface area contributed by atoms with Crippen LogP contribution in [0.1, 0.15) is 11.1 Å². The van der Waals surface area contributed by atoms with E-state index in [9.17, 15) is 4.79 Å². The van der Waals surface area contributed by atoms with E-state index in [2.05, 4.69) is 20.8 Å². The molecule has 0 fully saturated rings. The molecule has 0 bridgehead atoms. The summed E-state index contributed by atoms with van der Waals surface area (Å²) in [5.74, 6) is 3.09. The van der Waals surface area contributed by atoms with Gasteiger partial charge in [0.15, 0.2) is 17.3 Å². The van der Waals surface area contributed by atoms with Crippen molar-refractivity contribution >= 4 is 17.5 Å². The van der Waals surface area contributed by atoms with Crippen LogP contribution in [0, 0.1) is 0 Å². The van der Waals surface area contributed by atoms with E-state index in [0.29, 0.717) is 18.2 Å². The fourth-order valence-corrected chi connectivity index (χ4v) is 2.85. The van der Waals surface area contributed by atoms with Crippen molar-refractivity contribution in [1.29, 1.82) is 0 Å². The van der Waals surface area contributed by atoms with Gasteiger partial charge in [-0.3, -0.25) is 4.79 Å². The van der Waals surface area contributed by atoms with Crippen molar-refractivity contribution in [3.05, 3.63) is 65.7 Å². The molecule has 1 aliphatic rings. The maximum Gasteiger partial charge on any atom is 0.231 e. The van der Waals surface area contributed by atoms with Crippen LogP contribution in [0.2, 0.25) is 0 Å². The molecule has 0 saturated heterocycles. The number of amides is 1. The van der Waals surface area contributed by atoms with Crippen LogP contribution in [0.5, 0.6) is 17.2 Å². The van der Waals surface area contributed by atoms with Gasteiger partial charge in [0.25, 0.3) is 0 Å². The molecule has 2 heterocycles. The second-order valence-corrected chi connectivity index (χ2v) is 6.42. The van der Waals surface area contributed by atoms with Gasteiger partial charge in [0.05, 0.1) is 13.5 Å². The lowest BCUT2D eigenvalue weighted by molar-refractivity contribution is -0.115. The first-order valence-electron chi connectivity index (χ1n) is 9.08. The maximum absolute atomic E-state index is 12.2. The van der Waals surface area contributed by atoms with Crippen LogP contribution in [0.3, 0.4) is 0 Å². The molecule has 0 atom stereocenters. The van der Waals surface area contributed by atoms with E-state index in [1.54, 1.807) is 19.2 Å². The van der Waals surface area contributed by atoms with Gasteiger partial charge >= 0.3 is 0 Å². The fraction of sp³-hybridized carbons (Fsp3) is 0.190. The number of rotatable bonds is 7. The molecule has 29 heavy (non-hydrogen) atoms. The smallest absolute Gasteiger partial charge is 0.231 e. The third-order valence-electron chi connectivity index (χ3n) is 4.37. The first kappa shape index (κ1) is 18.5. The molecule has 0 unspecified atom stereocenters. The summed E-state index contributed by atoms with van der Waals surface area (Å²) < 4.78 is 15.8. The van der Waals surface area contributed by atoms with Crippen LogP contribution < -0.4 is 24.8 Å². The number of nitrogens with one attached hydrogen (secondary N) is 2. The molecule has 0 saturated carbocycles. The van der Waals surface area contributed by atoms with Crippen LogP contribution >= 0.6 is 0 Å². The predicted octanol–water partition coefficient (Wildman–Crippen LogP) is 3.01. The van der Waals surface area contributed by atoms with E-state index in [-0.39, 0.29) is 19.1 Å². The lowest BCUT2D eigenvalue weighted by atomic mass is 10.1. The number of nitrogens with zero attached hydrogens (tertiary/aromatic N) is 2. The van der Waals surface area contributed by atoms with Crippen LogP contribution in [-0.4, -0.2) is 30.0 Å². The number of fused-ring (bicyclic) bond motifs is 1. The quantitative estimate of drug-likeness (QED) is 0.638. The van der Waals surface area contributed by atoms with Crippen LogP contribution in [-0.2, 0) is 17.8 Å². The zero-order chi connectivity index (χ0) is 20.1. The molecule has 8 heteroatoms. The lowest BCUT2D eigenvalue weighted by Crippen LogP contribution is -2.16. The van der Waals surface area contributed by atoms with E-state index < -0.39 is 0 Å². The second-order valence-electron chi connectivity index (χ2n) is 6.42. The molecular formula is C21H20N4O4. The van der Waals surface area contributed by atoms with E-state index in [1.807, 2.05) is 42.5 Å². The average Bonchev–Trinajstić information content (AvgIpc) is 3.22. The number of anilines is 2. The lowest BCUT2D eigenvalue weighted by Gasteiger charge is -2.08. The molecule has 4 rings (SSSR count). The van der Waals surface area contributed by atoms with E-state index >= 15 is 0 Å². The highest BCUT2D eigenvalue weighted by molar-refractivity contribution is 5.91. The fourth-order valence-electron chi connectivity index (χ4n) is 2.85. The highest BCUT2D eigenvalue weighted by Gasteiger charge is 2.13. The van der Waals surface area contributed by atoms with Gasteiger partial charge in [-0.2, -0.15) is 0 Å². The summed E-state index contributed by atoms with van der Waals surface area (Å²) in [7, 11) is 1.61. The minimum atomic E-state index is -0.162. The summed E-state index contributed by atoms with van der Waals surface area (Å²) in [6, 6.07) is 16.6. The van der Waals surface area contributed by atoms with E-state index in [0.717, 1.165) is 28.4 Å². The van der Waals surface area contributed by atoms with Crippen molar-refractivity contribution in [1.82, 2.24) is 10.2 Å². The Hall–Kier alpha value is -3.81. The number of benzene rings is 2. The zero-order valence-electron chi connectivity index (χ0n) is 15.8. The highest BCUT2D eigenvalue weighted by Crippen LogP contribution is 2.32. The Morgan fingerprint density at radius 3 is 2.45 bits per heavy atom. The van der Waals surface area contributed by atoms with Crippen molar-refractivity contribution in [3.8, 4) is 17.2 Å². The van der Waals surface area contributed by atoms with Crippen molar-refractivity contribution in [3.63, 3.8) is 0 Å². The monoisotopic (exact) mass is 392 g/mol. The van der Waals surface area contributed by atoms with E-state index in [1.165, 1.54) is 0 Å². The number of carbonyl (C=O) groups is 1. The minimum Gasteiger partial charge on any atom is -0.497 e. The van der Waals surface area contributed by atoms with Crippen molar-refractivity contribution in [2.45, 2.75) is 13.0 Å². The molecule has 2 aromatic carbocycles. The van der Waals surface area contributed by atoms with E-state index in [4.69, 9.17) is 14.2 Å². The van der Waals surface area contributed by atoms with Gasteiger partial charge in [-0.25, -0.2) is 0 Å². The third-order valence-corrected chi connectivity index (χ3v) is 4.37. The molecule has 1 aliphatic heterocycles. The Kier molecular flexibility index (Phi) is 5.42. The number of aromatic nitrogens is 2. The molecule has 1 amide bonds. The summed E-state index contributed by atoms with van der Waals surface area (Å²) >= 11 is 0. The van der Waals surface area contributed by atoms with Crippen molar-refractivity contribution < 1.29 is 19.0 Å². The second kappa shape index (κ2) is 8.47. The Bertz CT molecular complexity index is 991. The maximum atomic E-state index is 12.2. The number of methoxy groups -OCH3 is 1. The Balaban J connectivity index is 1.28. The zero-order valence-corrected chi connectivity index (χ0v) is 15.8. The minimum absolute atomic E-state index is 0.162. The van der Waals surface area contributed by atoms with Gasteiger partial charge in [0.2, 0.25) is 12.7 Å². The Morgan fingerprint density at radius 2 is 1.69 bits per heavy atom. The largest absolute Gasteiger partial charge is 0.497 e. The highest BCUT2D eigenvalue weighted by atomic mass is 16.7. The van der Waals surface area contributed by atoms with Gasteiger partial charge in [0, 0.05) is 6.54 Å². The summed E-state index contributed by atoms with van der Waals surface area (Å²) in [6.07, 6.45) is 0.246. The standard InChI is InChI=1S/C21H20N4O4/c1-27-16-5-2-14(3-6-16)11-21(26)23-20-9-8-19(24-25-20)22-12-15-4-7-17-18(10-15)29-13-28-17/h2-10H,11-13H2,1H3,(H,22,24)(H,23,25,26). The van der Waals surface area contributed by atoms with Crippen molar-refractivity contribution in [2.75, 3.05) is 24.5 Å². The van der Waals surface area contributed by atoms with Gasteiger partial charge in [-0.05, 0) is 47.5 Å². The van der Waals surface area contributed by atoms with Gasteiger partial charge in [-0.1, -0.05) is 18.2 Å². The number of carbonyl (C=O) groups excluding carboxylic acids is 1. The molecule has 8 nitrogen and oxygen atoms in total. The summed E-state index contributed by atoms with van der Waals surface area (Å²) in [5, 5.41) is 14.1. The molecular weight excluding hydrogens is 372 g/mol. The van der Waals surface area contributed by atoms with Crippen LogP contribution in [0.4, 0.5) is 11.6 Å². The molecule has 1 aromatic heterocycles. The Morgan fingerprint density at radius 1 is 0.966 bits per heavy atom. The van der Waals surface area contributed by atoms with Crippen LogP contribution in [0.15, 0.2) is 54.6 Å². The number of ether oxygens (including phenoxy) is 3. The SMILES string of the molecule is COc1ccc(CC(=O)Nc2ccc(NCc3ccc4c(c3)OCO4)nn2)cc1. The first-order chi connectivity index (χ1) is 14.2. The number of hydrogen-bond acceptors (Lipinski definition) is 7. The van der Waals surface area contributed by atoms with Gasteiger partial charge in [0.1, 0.15) is 11.6 Å². The molecule has 0 radical (unpaired) electrons. The summed E-state index contributed by atoms with van der Waals surface area (Å²) in [6.45, 7) is 0.817. The third kappa shape index (κ3) is 4.73. The Labute approximate surface area is 167 Å².